The van der Waals surface area contributed by atoms with Gasteiger partial charge in [-0.2, -0.15) is 0 Å². The third-order valence-electron chi connectivity index (χ3n) is 3.83. The van der Waals surface area contributed by atoms with Gasteiger partial charge in [-0.1, -0.05) is 62.4 Å². The monoisotopic (exact) mass is 345 g/mol. The molecule has 0 aliphatic rings. The first-order valence-electron chi connectivity index (χ1n) is 8.80. The highest BCUT2D eigenvalue weighted by Crippen LogP contribution is 2.14. The minimum absolute atomic E-state index is 0.217. The molecule has 0 saturated heterocycles. The second-order valence-electron chi connectivity index (χ2n) is 6.83. The Morgan fingerprint density at radius 3 is 2.32 bits per heavy atom. The number of aliphatic hydroxyl groups excluding tert-OH is 1. The second kappa shape index (κ2) is 10.3. The van der Waals surface area contributed by atoms with Gasteiger partial charge in [0.05, 0.1) is 12.7 Å². The van der Waals surface area contributed by atoms with E-state index in [0.717, 1.165) is 5.56 Å². The third-order valence-corrected chi connectivity index (χ3v) is 3.83. The number of hydrogen-bond donors (Lipinski definition) is 1. The predicted molar refractivity (Wildman–Crippen MR) is 98.6 cm³/mol. The van der Waals surface area contributed by atoms with Crippen molar-refractivity contribution in [3.63, 3.8) is 0 Å². The van der Waals surface area contributed by atoms with Gasteiger partial charge in [0.2, 0.25) is 0 Å². The van der Waals surface area contributed by atoms with E-state index in [1.165, 1.54) is 6.07 Å². The van der Waals surface area contributed by atoms with Crippen LogP contribution in [-0.2, 0) is 17.8 Å². The molecule has 2 aromatic carbocycles. The van der Waals surface area contributed by atoms with Crippen LogP contribution in [0.15, 0.2) is 54.6 Å². The molecule has 0 saturated carbocycles. The van der Waals surface area contributed by atoms with Crippen molar-refractivity contribution in [2.75, 3.05) is 19.8 Å². The minimum Gasteiger partial charge on any atom is -0.389 e. The highest BCUT2D eigenvalue weighted by atomic mass is 19.1. The van der Waals surface area contributed by atoms with E-state index in [0.29, 0.717) is 44.3 Å². The van der Waals surface area contributed by atoms with E-state index in [9.17, 15) is 9.50 Å². The summed E-state index contributed by atoms with van der Waals surface area (Å²) in [6.07, 6.45) is -0.603. The van der Waals surface area contributed by atoms with Crippen molar-refractivity contribution in [1.29, 1.82) is 0 Å². The fraction of sp³-hybridized carbons (Fsp3) is 0.429. The zero-order chi connectivity index (χ0) is 18.1. The molecule has 0 amide bonds. The lowest BCUT2D eigenvalue weighted by Crippen LogP contribution is -2.34. The maximum absolute atomic E-state index is 14.0. The Labute approximate surface area is 150 Å². The van der Waals surface area contributed by atoms with Crippen molar-refractivity contribution >= 4 is 0 Å². The first-order chi connectivity index (χ1) is 12.0. The summed E-state index contributed by atoms with van der Waals surface area (Å²) in [5, 5.41) is 10.3. The van der Waals surface area contributed by atoms with Gasteiger partial charge in [-0.3, -0.25) is 4.90 Å². The van der Waals surface area contributed by atoms with Crippen molar-refractivity contribution < 1.29 is 14.2 Å². The molecule has 0 unspecified atom stereocenters. The van der Waals surface area contributed by atoms with E-state index in [4.69, 9.17) is 4.74 Å². The van der Waals surface area contributed by atoms with E-state index in [-0.39, 0.29) is 5.82 Å². The van der Waals surface area contributed by atoms with Crippen molar-refractivity contribution in [2.24, 2.45) is 5.92 Å². The quantitative estimate of drug-likeness (QED) is 0.710. The molecule has 4 heteroatoms. The Morgan fingerprint density at radius 1 is 0.960 bits per heavy atom. The third kappa shape index (κ3) is 7.34. The largest absolute Gasteiger partial charge is 0.389 e. The van der Waals surface area contributed by atoms with E-state index in [1.54, 1.807) is 12.1 Å². The van der Waals surface area contributed by atoms with Gasteiger partial charge in [0.15, 0.2) is 0 Å². The van der Waals surface area contributed by atoms with Crippen LogP contribution >= 0.6 is 0 Å². The Bertz CT molecular complexity index is 618. The topological polar surface area (TPSA) is 32.7 Å². The van der Waals surface area contributed by atoms with Crippen LogP contribution in [0, 0.1) is 11.7 Å². The molecule has 0 spiro atoms. The van der Waals surface area contributed by atoms with Crippen LogP contribution in [0.1, 0.15) is 25.0 Å². The van der Waals surface area contributed by atoms with Crippen molar-refractivity contribution in [3.05, 3.63) is 71.5 Å². The average molecular weight is 345 g/mol. The Kier molecular flexibility index (Phi) is 8.06. The highest BCUT2D eigenvalue weighted by Gasteiger charge is 2.15. The molecular formula is C21H28FNO2. The van der Waals surface area contributed by atoms with Crippen molar-refractivity contribution in [2.45, 2.75) is 33.0 Å². The lowest BCUT2D eigenvalue weighted by molar-refractivity contribution is 0.00539. The summed E-state index contributed by atoms with van der Waals surface area (Å²) in [6, 6.07) is 16.8. The Hall–Kier alpha value is -1.75. The lowest BCUT2D eigenvalue weighted by Gasteiger charge is -2.25. The number of aliphatic hydroxyl groups is 1. The minimum atomic E-state index is -0.603. The normalized spacial score (nSPS) is 12.7. The smallest absolute Gasteiger partial charge is 0.127 e. The van der Waals surface area contributed by atoms with Crippen LogP contribution in [-0.4, -0.2) is 35.9 Å². The fourth-order valence-electron chi connectivity index (χ4n) is 2.68. The first-order valence-corrected chi connectivity index (χ1v) is 8.80. The van der Waals surface area contributed by atoms with Gasteiger partial charge < -0.3 is 9.84 Å². The summed E-state index contributed by atoms with van der Waals surface area (Å²) in [7, 11) is 0. The predicted octanol–water partition coefficient (Wildman–Crippen LogP) is 3.86. The molecule has 0 heterocycles. The summed E-state index contributed by atoms with van der Waals surface area (Å²) in [5.74, 6) is 0.220. The summed E-state index contributed by atoms with van der Waals surface area (Å²) >= 11 is 0. The second-order valence-corrected chi connectivity index (χ2v) is 6.83. The standard InChI is InChI=1S/C21H28FNO2/c1-17(2)15-25-16-20(24)14-23(12-18-8-4-3-5-9-18)13-19-10-6-7-11-21(19)22/h3-11,17,20,24H,12-16H2,1-2H3/t20-/m1/s1. The Balaban J connectivity index is 2.00. The molecule has 0 radical (unpaired) electrons. The Morgan fingerprint density at radius 2 is 1.64 bits per heavy atom. The summed E-state index contributed by atoms with van der Waals surface area (Å²) in [5.41, 5.74) is 1.77. The van der Waals surface area contributed by atoms with E-state index < -0.39 is 6.10 Å². The molecule has 0 aliphatic carbocycles. The fourth-order valence-corrected chi connectivity index (χ4v) is 2.68. The van der Waals surface area contributed by atoms with E-state index in [1.807, 2.05) is 36.4 Å². The van der Waals surface area contributed by atoms with Crippen molar-refractivity contribution in [3.8, 4) is 0 Å². The molecule has 0 aliphatic heterocycles. The molecule has 136 valence electrons. The van der Waals surface area contributed by atoms with Crippen LogP contribution in [0.3, 0.4) is 0 Å². The van der Waals surface area contributed by atoms with Crippen LogP contribution in [0.4, 0.5) is 4.39 Å². The highest BCUT2D eigenvalue weighted by molar-refractivity contribution is 5.18. The van der Waals surface area contributed by atoms with Crippen LogP contribution in [0.5, 0.6) is 0 Å². The SMILES string of the molecule is CC(C)COC[C@H](O)CN(Cc1ccccc1)Cc1ccccc1F. The summed E-state index contributed by atoms with van der Waals surface area (Å²) in [4.78, 5) is 2.05. The molecule has 1 N–H and O–H groups in total. The molecule has 0 aromatic heterocycles. The lowest BCUT2D eigenvalue weighted by atomic mass is 10.1. The number of hydrogen-bond acceptors (Lipinski definition) is 3. The van der Waals surface area contributed by atoms with Gasteiger partial charge in [-0.25, -0.2) is 4.39 Å². The number of ether oxygens (including phenoxy) is 1. The van der Waals surface area contributed by atoms with Crippen LogP contribution in [0.2, 0.25) is 0 Å². The molecule has 2 aromatic rings. The summed E-state index contributed by atoms with van der Waals surface area (Å²) in [6.45, 7) is 6.60. The van der Waals surface area contributed by atoms with Gasteiger partial charge in [-0.15, -0.1) is 0 Å². The zero-order valence-electron chi connectivity index (χ0n) is 15.1. The average Bonchev–Trinajstić information content (AvgIpc) is 2.57. The molecule has 25 heavy (non-hydrogen) atoms. The molecule has 2 rings (SSSR count). The summed E-state index contributed by atoms with van der Waals surface area (Å²) < 4.78 is 19.5. The van der Waals surface area contributed by atoms with Gasteiger partial charge >= 0.3 is 0 Å². The molecule has 1 atom stereocenters. The van der Waals surface area contributed by atoms with E-state index >= 15 is 0 Å². The molecule has 0 bridgehead atoms. The van der Waals surface area contributed by atoms with E-state index in [2.05, 4.69) is 18.7 Å². The number of rotatable bonds is 10. The van der Waals surface area contributed by atoms with Crippen molar-refractivity contribution in [1.82, 2.24) is 4.90 Å². The molecule has 3 nitrogen and oxygen atoms in total. The number of benzene rings is 2. The van der Waals surface area contributed by atoms with Crippen LogP contribution in [0.25, 0.3) is 0 Å². The first kappa shape index (κ1) is 19.6. The number of nitrogens with zero attached hydrogens (tertiary/aromatic N) is 1. The van der Waals surface area contributed by atoms with Gasteiger partial charge in [0, 0.05) is 31.8 Å². The maximum atomic E-state index is 14.0. The van der Waals surface area contributed by atoms with Crippen LogP contribution < -0.4 is 0 Å². The molecule has 0 fully saturated rings. The van der Waals surface area contributed by atoms with Gasteiger partial charge in [0.25, 0.3) is 0 Å². The zero-order valence-corrected chi connectivity index (χ0v) is 15.1. The number of halogens is 1. The van der Waals surface area contributed by atoms with Gasteiger partial charge in [-0.05, 0) is 17.5 Å². The van der Waals surface area contributed by atoms with Gasteiger partial charge in [0.1, 0.15) is 5.82 Å². The maximum Gasteiger partial charge on any atom is 0.127 e. The molecular weight excluding hydrogens is 317 g/mol.